The number of amides is 1. The third-order valence-electron chi connectivity index (χ3n) is 3.15. The molecule has 0 radical (unpaired) electrons. The van der Waals surface area contributed by atoms with Gasteiger partial charge in [0.05, 0.1) is 6.20 Å². The number of carbonyl (C=O) groups is 1. The van der Waals surface area contributed by atoms with Gasteiger partial charge in [0.25, 0.3) is 0 Å². The molecule has 1 amide bonds. The molecule has 5 heteroatoms. The van der Waals surface area contributed by atoms with E-state index in [4.69, 9.17) is 5.73 Å². The third-order valence-corrected chi connectivity index (χ3v) is 3.15. The first-order valence-corrected chi connectivity index (χ1v) is 6.65. The lowest BCUT2D eigenvalue weighted by Gasteiger charge is -2.09. The highest BCUT2D eigenvalue weighted by molar-refractivity contribution is 5.75. The average molecular weight is 272 g/mol. The molecule has 5 nitrogen and oxygen atoms in total. The molecule has 0 unspecified atom stereocenters. The zero-order valence-corrected chi connectivity index (χ0v) is 11.9. The Kier molecular flexibility index (Phi) is 4.40. The van der Waals surface area contributed by atoms with Crippen LogP contribution in [0.25, 0.3) is 11.1 Å². The zero-order valence-electron chi connectivity index (χ0n) is 11.9. The van der Waals surface area contributed by atoms with Crippen LogP contribution < -0.4 is 5.73 Å². The average Bonchev–Trinajstić information content (AvgIpc) is 2.88. The molecule has 0 spiro atoms. The Morgan fingerprint density at radius 2 is 1.95 bits per heavy atom. The molecular formula is C15H20N4O. The molecule has 0 aliphatic carbocycles. The van der Waals surface area contributed by atoms with Gasteiger partial charge in [0.15, 0.2) is 0 Å². The molecular weight excluding hydrogens is 252 g/mol. The molecule has 106 valence electrons. The number of rotatable bonds is 5. The van der Waals surface area contributed by atoms with E-state index in [1.54, 1.807) is 19.0 Å². The van der Waals surface area contributed by atoms with Gasteiger partial charge in [-0.25, -0.2) is 0 Å². The van der Waals surface area contributed by atoms with Gasteiger partial charge in [-0.3, -0.25) is 9.48 Å². The predicted molar refractivity (Wildman–Crippen MR) is 80.0 cm³/mol. The maximum Gasteiger partial charge on any atom is 0.222 e. The summed E-state index contributed by atoms with van der Waals surface area (Å²) in [6.07, 6.45) is 5.16. The van der Waals surface area contributed by atoms with Crippen LogP contribution in [0.1, 0.15) is 12.8 Å². The maximum atomic E-state index is 11.5. The largest absolute Gasteiger partial charge is 0.399 e. The minimum absolute atomic E-state index is 0.149. The van der Waals surface area contributed by atoms with E-state index in [1.165, 1.54) is 0 Å². The van der Waals surface area contributed by atoms with Crippen LogP contribution in [0.4, 0.5) is 5.69 Å². The summed E-state index contributed by atoms with van der Waals surface area (Å²) in [6.45, 7) is 0.745. The van der Waals surface area contributed by atoms with Gasteiger partial charge in [-0.1, -0.05) is 12.1 Å². The fourth-order valence-corrected chi connectivity index (χ4v) is 1.93. The van der Waals surface area contributed by atoms with E-state index in [1.807, 2.05) is 41.3 Å². The van der Waals surface area contributed by atoms with Gasteiger partial charge in [0.1, 0.15) is 0 Å². The Morgan fingerprint density at radius 1 is 1.25 bits per heavy atom. The van der Waals surface area contributed by atoms with Gasteiger partial charge in [-0.05, 0) is 24.1 Å². The smallest absolute Gasteiger partial charge is 0.222 e. The van der Waals surface area contributed by atoms with Crippen molar-refractivity contribution in [1.29, 1.82) is 0 Å². The number of hydrogen-bond acceptors (Lipinski definition) is 3. The van der Waals surface area contributed by atoms with Gasteiger partial charge in [-0.2, -0.15) is 5.10 Å². The lowest BCUT2D eigenvalue weighted by molar-refractivity contribution is -0.128. The molecule has 0 bridgehead atoms. The molecule has 1 heterocycles. The summed E-state index contributed by atoms with van der Waals surface area (Å²) in [7, 11) is 3.55. The SMILES string of the molecule is CN(C)C(=O)CCCn1cc(-c2ccc(N)cc2)cn1. The summed E-state index contributed by atoms with van der Waals surface area (Å²) in [4.78, 5) is 13.1. The number of anilines is 1. The van der Waals surface area contributed by atoms with Gasteiger partial charge >= 0.3 is 0 Å². The van der Waals surface area contributed by atoms with Gasteiger partial charge in [0, 0.05) is 44.5 Å². The van der Waals surface area contributed by atoms with Crippen LogP contribution in [0, 0.1) is 0 Å². The number of benzene rings is 1. The lowest BCUT2D eigenvalue weighted by atomic mass is 10.1. The molecule has 1 aromatic heterocycles. The highest BCUT2D eigenvalue weighted by Crippen LogP contribution is 2.19. The quantitative estimate of drug-likeness (QED) is 0.847. The molecule has 2 aromatic rings. The summed E-state index contributed by atoms with van der Waals surface area (Å²) in [5, 5.41) is 4.32. The number of hydrogen-bond donors (Lipinski definition) is 1. The molecule has 0 saturated carbocycles. The number of carbonyl (C=O) groups excluding carboxylic acids is 1. The Labute approximate surface area is 119 Å². The number of nitrogens with two attached hydrogens (primary N) is 1. The molecule has 20 heavy (non-hydrogen) atoms. The van der Waals surface area contributed by atoms with Gasteiger partial charge in [-0.15, -0.1) is 0 Å². The lowest BCUT2D eigenvalue weighted by Crippen LogP contribution is -2.21. The van der Waals surface area contributed by atoms with E-state index < -0.39 is 0 Å². The molecule has 0 atom stereocenters. The Bertz CT molecular complexity index is 572. The van der Waals surface area contributed by atoms with Crippen LogP contribution in [0.15, 0.2) is 36.7 Å². The topological polar surface area (TPSA) is 64.2 Å². The highest BCUT2D eigenvalue weighted by atomic mass is 16.2. The maximum absolute atomic E-state index is 11.5. The van der Waals surface area contributed by atoms with Crippen LogP contribution in [-0.2, 0) is 11.3 Å². The second kappa shape index (κ2) is 6.23. The summed E-state index contributed by atoms with van der Waals surface area (Å²) in [6, 6.07) is 7.71. The summed E-state index contributed by atoms with van der Waals surface area (Å²) in [5.41, 5.74) is 8.58. The van der Waals surface area contributed by atoms with E-state index in [-0.39, 0.29) is 5.91 Å². The van der Waals surface area contributed by atoms with E-state index in [0.29, 0.717) is 6.42 Å². The van der Waals surface area contributed by atoms with Crippen LogP contribution in [0.2, 0.25) is 0 Å². The predicted octanol–water partition coefficient (Wildman–Crippen LogP) is 2.00. The minimum Gasteiger partial charge on any atom is -0.399 e. The molecule has 0 aliphatic heterocycles. The Balaban J connectivity index is 1.92. The van der Waals surface area contributed by atoms with Crippen LogP contribution >= 0.6 is 0 Å². The minimum atomic E-state index is 0.149. The van der Waals surface area contributed by atoms with Crippen LogP contribution in [0.3, 0.4) is 0 Å². The van der Waals surface area contributed by atoms with Crippen molar-refractivity contribution in [2.24, 2.45) is 0 Å². The first kappa shape index (κ1) is 14.1. The fourth-order valence-electron chi connectivity index (χ4n) is 1.93. The van der Waals surface area contributed by atoms with E-state index >= 15 is 0 Å². The fraction of sp³-hybridized carbons (Fsp3) is 0.333. The van der Waals surface area contributed by atoms with E-state index in [9.17, 15) is 4.79 Å². The summed E-state index contributed by atoms with van der Waals surface area (Å²) >= 11 is 0. The second-order valence-electron chi connectivity index (χ2n) is 5.01. The summed E-state index contributed by atoms with van der Waals surface area (Å²) in [5.74, 6) is 0.149. The second-order valence-corrected chi connectivity index (χ2v) is 5.01. The van der Waals surface area contributed by atoms with Crippen molar-refractivity contribution in [2.75, 3.05) is 19.8 Å². The monoisotopic (exact) mass is 272 g/mol. The molecule has 0 saturated heterocycles. The van der Waals surface area contributed by atoms with Crippen molar-refractivity contribution in [3.8, 4) is 11.1 Å². The van der Waals surface area contributed by atoms with Gasteiger partial charge in [0.2, 0.25) is 5.91 Å². The van der Waals surface area contributed by atoms with E-state index in [2.05, 4.69) is 5.10 Å². The van der Waals surface area contributed by atoms with Gasteiger partial charge < -0.3 is 10.6 Å². The molecule has 1 aromatic carbocycles. The highest BCUT2D eigenvalue weighted by Gasteiger charge is 2.05. The van der Waals surface area contributed by atoms with Crippen LogP contribution in [-0.4, -0.2) is 34.7 Å². The van der Waals surface area contributed by atoms with Crippen molar-refractivity contribution in [3.05, 3.63) is 36.7 Å². The first-order valence-electron chi connectivity index (χ1n) is 6.65. The van der Waals surface area contributed by atoms with E-state index in [0.717, 1.165) is 29.8 Å². The van der Waals surface area contributed by atoms with Crippen molar-refractivity contribution >= 4 is 11.6 Å². The van der Waals surface area contributed by atoms with Crippen molar-refractivity contribution < 1.29 is 4.79 Å². The molecule has 0 aliphatic rings. The normalized spacial score (nSPS) is 10.5. The Morgan fingerprint density at radius 3 is 2.60 bits per heavy atom. The number of aromatic nitrogens is 2. The standard InChI is InChI=1S/C15H20N4O/c1-18(2)15(20)4-3-9-19-11-13(10-17-19)12-5-7-14(16)8-6-12/h5-8,10-11H,3-4,9,16H2,1-2H3. The first-order chi connectivity index (χ1) is 9.56. The molecule has 0 fully saturated rings. The van der Waals surface area contributed by atoms with Crippen molar-refractivity contribution in [2.45, 2.75) is 19.4 Å². The van der Waals surface area contributed by atoms with Crippen molar-refractivity contribution in [3.63, 3.8) is 0 Å². The number of aryl methyl sites for hydroxylation is 1. The third kappa shape index (κ3) is 3.60. The summed E-state index contributed by atoms with van der Waals surface area (Å²) < 4.78 is 1.87. The van der Waals surface area contributed by atoms with Crippen molar-refractivity contribution in [1.82, 2.24) is 14.7 Å². The molecule has 2 N–H and O–H groups in total. The zero-order chi connectivity index (χ0) is 14.5. The number of nitrogens with zero attached hydrogens (tertiary/aromatic N) is 3. The van der Waals surface area contributed by atoms with Crippen LogP contribution in [0.5, 0.6) is 0 Å². The number of nitrogen functional groups attached to an aromatic ring is 1. The Hall–Kier alpha value is -2.30. The molecule has 2 rings (SSSR count).